The largest absolute Gasteiger partial charge is 0.456 e. The Hall–Kier alpha value is -16.8. The number of aromatic nitrogens is 6. The van der Waals surface area contributed by atoms with E-state index in [1.54, 1.807) is 0 Å². The molecule has 0 aliphatic heterocycles. The van der Waals surface area contributed by atoms with Gasteiger partial charge in [0.1, 0.15) is 27.9 Å². The number of furan rings is 3. The minimum atomic E-state index is -0.140. The summed E-state index contributed by atoms with van der Waals surface area (Å²) in [6, 6.07) is 144. The lowest BCUT2D eigenvalue weighted by Gasteiger charge is -2.48. The van der Waals surface area contributed by atoms with Crippen molar-refractivity contribution < 1.29 is 13.3 Å². The Labute approximate surface area is 846 Å². The normalized spacial score (nSPS) is 15.1. The first-order valence-corrected chi connectivity index (χ1v) is 50.5. The molecule has 0 saturated heterocycles. The highest BCUT2D eigenvalue weighted by Crippen LogP contribution is 2.62. The number of hydrogen-bond acceptors (Lipinski definition) is 10. The lowest BCUT2D eigenvalue weighted by Crippen LogP contribution is -2.43. The molecule has 0 atom stereocenters. The smallest absolute Gasteiger partial charge is 0.164 e. The molecular formula is C135H109N7O3. The standard InChI is InChI=1S/2C45H35N3O.C45H39NO/c1-44(2)37-18-12-11-17-33(37)34-24-25-35-36-27-32(23-26-38(36)49-40(35)39(34)45(44,3)4)28-19-21-31(22-20-28)43-47-41(29-13-7-5-8-14-29)46-42(48-43)30-15-9-6-10-16-30;1-44(2)36-18-12-11-17-33(36)34-24-26-38-39(40(34)45(44,3)4)35-27-32(23-25-37(35)49-38)28-19-21-31(22-20-28)43-47-41(29-13-7-5-8-14-29)46-42(48-43)30-15-9-6-10-16-30;1-43(2)35-20-12-10-17-30(35)31-24-23-29(27-38(31)43)46(28-15-8-7-9-16-28)39-22-14-19-32-33-25-26-37-40(42(33)47-41(32)39)34-18-11-13-21-36(34)44(3,4)45(37,5)6/h2*5-27H,1-4H3;7-27H,1-6H3. The highest BCUT2D eigenvalue weighted by atomic mass is 16.3. The third-order valence-electron chi connectivity index (χ3n) is 33.6. The van der Waals surface area contributed by atoms with Gasteiger partial charge in [-0.15, -0.1) is 0 Å². The SMILES string of the molecule is CC1(C)c2ccccc2-c2ccc(N(c3ccccc3)c3cccc4c3oc3c5c(ccc34)C(C)(C)C(C)(C)c3ccccc3-5)cc21.CC1(C)c2ccccc2-c2ccc3c(oc4ccc(-c5ccc(-c6nc(-c7ccccc7)nc(-c7ccccc7)n6)cc5)cc43)c2C1(C)C.CC1(C)c2ccccc2-c2ccc3oc4ccc(-c5ccc(-c6nc(-c7ccccc7)nc(-c7ccccc7)n6)cc5)cc4c3c2C1(C)C. The van der Waals surface area contributed by atoms with E-state index < -0.39 is 0 Å². The second-order valence-electron chi connectivity index (χ2n) is 43.2. The summed E-state index contributed by atoms with van der Waals surface area (Å²) in [6.07, 6.45) is 0. The van der Waals surface area contributed by atoms with E-state index in [1.807, 2.05) is 121 Å². The fourth-order valence-corrected chi connectivity index (χ4v) is 23.7. The molecule has 5 aromatic heterocycles. The molecule has 23 aromatic rings. The molecule has 27 rings (SSSR count). The zero-order valence-corrected chi connectivity index (χ0v) is 84.0. The zero-order valence-electron chi connectivity index (χ0n) is 84.0. The van der Waals surface area contributed by atoms with Crippen LogP contribution in [0.25, 0.3) is 201 Å². The number of nitrogens with zero attached hydrogens (tertiary/aromatic N) is 7. The van der Waals surface area contributed by atoms with Crippen molar-refractivity contribution in [3.05, 3.63) is 451 Å². The van der Waals surface area contributed by atoms with Crippen LogP contribution in [-0.4, -0.2) is 29.9 Å². The van der Waals surface area contributed by atoms with E-state index in [0.717, 1.165) is 133 Å². The maximum atomic E-state index is 7.17. The Morgan fingerprint density at radius 1 is 0.193 bits per heavy atom. The first kappa shape index (κ1) is 89.5. The molecule has 702 valence electrons. The van der Waals surface area contributed by atoms with Gasteiger partial charge in [-0.2, -0.15) is 0 Å². The molecule has 0 bridgehead atoms. The molecule has 145 heavy (non-hydrogen) atoms. The molecular weight excluding hydrogens is 1770 g/mol. The number of fused-ring (bicyclic) bond motifs is 24. The van der Waals surface area contributed by atoms with E-state index in [4.69, 9.17) is 43.2 Å². The molecule has 4 aliphatic carbocycles. The minimum absolute atomic E-state index is 0.0352. The Balaban J connectivity index is 0.000000114. The Bertz CT molecular complexity index is 9000. The molecule has 0 spiro atoms. The highest BCUT2D eigenvalue weighted by Gasteiger charge is 2.51. The summed E-state index contributed by atoms with van der Waals surface area (Å²) >= 11 is 0. The monoisotopic (exact) mass is 1880 g/mol. The molecule has 18 aromatic carbocycles. The summed E-state index contributed by atoms with van der Waals surface area (Å²) in [5, 5.41) is 6.94. The number of hydrogen-bond donors (Lipinski definition) is 0. The van der Waals surface area contributed by atoms with Crippen LogP contribution < -0.4 is 4.90 Å². The maximum absolute atomic E-state index is 7.17. The minimum Gasteiger partial charge on any atom is -0.456 e. The van der Waals surface area contributed by atoms with Crippen molar-refractivity contribution in [3.8, 4) is 135 Å². The lowest BCUT2D eigenvalue weighted by atomic mass is 9.55. The summed E-state index contributed by atoms with van der Waals surface area (Å²) < 4.78 is 20.4. The van der Waals surface area contributed by atoms with Crippen molar-refractivity contribution in [1.82, 2.24) is 29.9 Å². The van der Waals surface area contributed by atoms with Gasteiger partial charge in [-0.25, -0.2) is 29.9 Å². The van der Waals surface area contributed by atoms with Crippen LogP contribution in [0.2, 0.25) is 0 Å². The zero-order chi connectivity index (χ0) is 99.0. The van der Waals surface area contributed by atoms with Crippen LogP contribution >= 0.6 is 0 Å². The van der Waals surface area contributed by atoms with Crippen LogP contribution in [0, 0.1) is 0 Å². The van der Waals surface area contributed by atoms with Gasteiger partial charge in [-0.1, -0.05) is 437 Å². The molecule has 0 N–H and O–H groups in total. The third-order valence-corrected chi connectivity index (χ3v) is 33.6. The van der Waals surface area contributed by atoms with Crippen LogP contribution in [0.15, 0.2) is 420 Å². The summed E-state index contributed by atoms with van der Waals surface area (Å²) in [7, 11) is 0. The van der Waals surface area contributed by atoms with E-state index >= 15 is 0 Å². The molecule has 0 unspecified atom stereocenters. The van der Waals surface area contributed by atoms with E-state index in [9.17, 15) is 0 Å². The average molecular weight is 1880 g/mol. The lowest BCUT2D eigenvalue weighted by molar-refractivity contribution is 0.299. The molecule has 10 heteroatoms. The molecule has 0 amide bonds. The van der Waals surface area contributed by atoms with Crippen molar-refractivity contribution in [2.24, 2.45) is 0 Å². The molecule has 0 saturated carbocycles. The average Bonchev–Trinajstić information content (AvgIpc) is 1.68. The predicted octanol–water partition coefficient (Wildman–Crippen LogP) is 35.9. The molecule has 0 fully saturated rings. The second kappa shape index (κ2) is 33.7. The number of anilines is 3. The maximum Gasteiger partial charge on any atom is 0.164 e. The number of para-hydroxylation sites is 2. The van der Waals surface area contributed by atoms with E-state index in [0.29, 0.717) is 34.9 Å². The molecule has 4 aliphatic rings. The van der Waals surface area contributed by atoms with Crippen molar-refractivity contribution in [3.63, 3.8) is 0 Å². The summed E-state index contributed by atoms with van der Waals surface area (Å²) in [5.41, 5.74) is 39.7. The highest BCUT2D eigenvalue weighted by molar-refractivity contribution is 6.16. The molecule has 5 heterocycles. The van der Waals surface area contributed by atoms with E-state index in [1.165, 1.54) is 94.4 Å². The Kier molecular flexibility index (Phi) is 20.8. The van der Waals surface area contributed by atoms with Gasteiger partial charge in [-0.05, 0) is 189 Å². The molecule has 10 nitrogen and oxygen atoms in total. The van der Waals surface area contributed by atoms with E-state index in [-0.39, 0.29) is 37.9 Å². The van der Waals surface area contributed by atoms with Gasteiger partial charge in [0.2, 0.25) is 0 Å². The predicted molar refractivity (Wildman–Crippen MR) is 598 cm³/mol. The summed E-state index contributed by atoms with van der Waals surface area (Å²) in [6.45, 7) is 33.2. The van der Waals surface area contributed by atoms with Gasteiger partial charge in [0.15, 0.2) is 40.5 Å². The van der Waals surface area contributed by atoms with Gasteiger partial charge in [0.25, 0.3) is 0 Å². The van der Waals surface area contributed by atoms with Crippen molar-refractivity contribution in [2.75, 3.05) is 4.90 Å². The molecule has 0 radical (unpaired) electrons. The topological polar surface area (TPSA) is 120 Å². The van der Waals surface area contributed by atoms with Crippen molar-refractivity contribution >= 4 is 82.9 Å². The van der Waals surface area contributed by atoms with Gasteiger partial charge in [0.05, 0.1) is 5.69 Å². The fourth-order valence-electron chi connectivity index (χ4n) is 23.7. The first-order valence-electron chi connectivity index (χ1n) is 50.5. The summed E-state index contributed by atoms with van der Waals surface area (Å²) in [5.74, 6) is 3.91. The summed E-state index contributed by atoms with van der Waals surface area (Å²) in [4.78, 5) is 31.7. The second-order valence-corrected chi connectivity index (χ2v) is 43.2. The first-order chi connectivity index (χ1) is 70.2. The van der Waals surface area contributed by atoms with Crippen LogP contribution in [-0.2, 0) is 37.9 Å². The van der Waals surface area contributed by atoms with Gasteiger partial charge in [-0.3, -0.25) is 0 Å². The van der Waals surface area contributed by atoms with Crippen LogP contribution in [0.3, 0.4) is 0 Å². The Morgan fingerprint density at radius 2 is 0.545 bits per heavy atom. The third kappa shape index (κ3) is 14.2. The van der Waals surface area contributed by atoms with E-state index in [2.05, 4.69) is 387 Å². The van der Waals surface area contributed by atoms with Crippen molar-refractivity contribution in [1.29, 1.82) is 0 Å². The fraction of sp³-hybridized carbons (Fsp3) is 0.156. The van der Waals surface area contributed by atoms with Crippen molar-refractivity contribution in [2.45, 2.75) is 135 Å². The number of rotatable bonds is 11. The van der Waals surface area contributed by atoms with Crippen LogP contribution in [0.4, 0.5) is 17.1 Å². The quantitative estimate of drug-likeness (QED) is 0.124. The van der Waals surface area contributed by atoms with Crippen LogP contribution in [0.5, 0.6) is 0 Å². The Morgan fingerprint density at radius 3 is 1.06 bits per heavy atom. The van der Waals surface area contributed by atoms with Gasteiger partial charge in [0, 0.05) is 104 Å². The number of benzene rings is 18. The van der Waals surface area contributed by atoms with Crippen LogP contribution in [0.1, 0.15) is 141 Å². The van der Waals surface area contributed by atoms with Gasteiger partial charge >= 0.3 is 0 Å². The van der Waals surface area contributed by atoms with Gasteiger partial charge < -0.3 is 18.2 Å².